The second-order valence-electron chi connectivity index (χ2n) is 1.96. The third-order valence-electron chi connectivity index (χ3n) is 1.04. The van der Waals surface area contributed by atoms with Crippen LogP contribution in [0.3, 0.4) is 0 Å². The average Bonchev–Trinajstić information content (AvgIpc) is 1.99. The van der Waals surface area contributed by atoms with Crippen molar-refractivity contribution in [3.8, 4) is 12.3 Å². The van der Waals surface area contributed by atoms with Crippen molar-refractivity contribution < 1.29 is 4.74 Å². The highest BCUT2D eigenvalue weighted by Gasteiger charge is 1.98. The fourth-order valence-electron chi connectivity index (χ4n) is 0.490. The van der Waals surface area contributed by atoms with E-state index < -0.39 is 0 Å². The van der Waals surface area contributed by atoms with Crippen LogP contribution in [-0.2, 0) is 4.74 Å². The molecule has 0 saturated carbocycles. The minimum Gasteiger partial charge on any atom is -0.379 e. The quantitative estimate of drug-likeness (QED) is 0.243. The molecule has 0 rings (SSSR count). The van der Waals surface area contributed by atoms with E-state index in [0.29, 0.717) is 6.61 Å². The molecule has 0 heterocycles. The van der Waals surface area contributed by atoms with Crippen molar-refractivity contribution >= 4 is 0 Å². The number of nitrogens with two attached hydrogens (primary N) is 1. The Bertz CT molecular complexity index is 109. The van der Waals surface area contributed by atoms with Crippen LogP contribution in [0.15, 0.2) is 0 Å². The third kappa shape index (κ3) is 4.33. The summed E-state index contributed by atoms with van der Waals surface area (Å²) >= 11 is 0. The predicted octanol–water partition coefficient (Wildman–Crippen LogP) is -0.122. The van der Waals surface area contributed by atoms with Gasteiger partial charge in [-0.05, 0) is 6.42 Å². The Morgan fingerprint density at radius 2 is 2.50 bits per heavy atom. The number of terminal acetylenes is 1. The van der Waals surface area contributed by atoms with E-state index in [1.54, 1.807) is 0 Å². The molecule has 0 fully saturated rings. The number of hydrogen-bond acceptors (Lipinski definition) is 3. The van der Waals surface area contributed by atoms with Gasteiger partial charge in [0.15, 0.2) is 0 Å². The molecule has 0 aliphatic carbocycles. The van der Waals surface area contributed by atoms with Crippen LogP contribution >= 0.6 is 0 Å². The number of hydrogen-bond donors (Lipinski definition) is 2. The summed E-state index contributed by atoms with van der Waals surface area (Å²) in [5.41, 5.74) is 2.45. The Kier molecular flexibility index (Phi) is 6.19. The molecule has 0 aromatic heterocycles. The first kappa shape index (κ1) is 9.44. The summed E-state index contributed by atoms with van der Waals surface area (Å²) in [6.07, 6.45) is 6.09. The monoisotopic (exact) mass is 142 g/mol. The highest BCUT2D eigenvalue weighted by atomic mass is 16.5. The molecule has 0 saturated heterocycles. The number of rotatable bonds is 5. The Morgan fingerprint density at radius 3 is 2.90 bits per heavy atom. The zero-order chi connectivity index (χ0) is 7.82. The summed E-state index contributed by atoms with van der Waals surface area (Å²) in [7, 11) is 0. The summed E-state index contributed by atoms with van der Waals surface area (Å²) in [6.45, 7) is 3.27. The molecule has 3 nitrogen and oxygen atoms in total. The molecule has 58 valence electrons. The van der Waals surface area contributed by atoms with Gasteiger partial charge in [-0.25, -0.2) is 5.43 Å². The van der Waals surface area contributed by atoms with Gasteiger partial charge >= 0.3 is 0 Å². The molecular weight excluding hydrogens is 128 g/mol. The van der Waals surface area contributed by atoms with E-state index in [2.05, 4.69) is 11.3 Å². The number of ether oxygens (including phenoxy) is 1. The second kappa shape index (κ2) is 6.56. The predicted molar refractivity (Wildman–Crippen MR) is 41.1 cm³/mol. The Morgan fingerprint density at radius 1 is 1.80 bits per heavy atom. The van der Waals surface area contributed by atoms with Crippen LogP contribution in [0, 0.1) is 12.3 Å². The maximum atomic E-state index is 5.14. The van der Waals surface area contributed by atoms with Crippen molar-refractivity contribution in [3.63, 3.8) is 0 Å². The molecule has 0 aliphatic rings. The van der Waals surface area contributed by atoms with Gasteiger partial charge in [-0.3, -0.25) is 5.84 Å². The fourth-order valence-corrected chi connectivity index (χ4v) is 0.490. The van der Waals surface area contributed by atoms with E-state index in [4.69, 9.17) is 17.0 Å². The van der Waals surface area contributed by atoms with Crippen molar-refractivity contribution in [1.82, 2.24) is 5.43 Å². The zero-order valence-corrected chi connectivity index (χ0v) is 6.26. The molecule has 0 spiro atoms. The van der Waals surface area contributed by atoms with Crippen molar-refractivity contribution in [2.45, 2.75) is 19.4 Å². The first-order valence-electron chi connectivity index (χ1n) is 3.35. The average molecular weight is 142 g/mol. The molecule has 0 amide bonds. The van der Waals surface area contributed by atoms with E-state index in [1.807, 2.05) is 6.92 Å². The molecule has 0 radical (unpaired) electrons. The third-order valence-corrected chi connectivity index (χ3v) is 1.04. The molecule has 0 aromatic carbocycles. The van der Waals surface area contributed by atoms with Gasteiger partial charge in [-0.1, -0.05) is 12.8 Å². The highest BCUT2D eigenvalue weighted by Crippen LogP contribution is 1.83. The molecule has 1 atom stereocenters. The standard InChI is InChI=1S/C7H14N2O/c1-3-5-10-6-7(4-2)9-8/h2,7,9H,3,5-6,8H2,1H3. The summed E-state index contributed by atoms with van der Waals surface area (Å²) in [5.74, 6) is 7.54. The van der Waals surface area contributed by atoms with Gasteiger partial charge < -0.3 is 4.74 Å². The van der Waals surface area contributed by atoms with Gasteiger partial charge in [0, 0.05) is 6.61 Å². The second-order valence-corrected chi connectivity index (χ2v) is 1.96. The van der Waals surface area contributed by atoms with Crippen LogP contribution in [0.1, 0.15) is 13.3 Å². The number of hydrazine groups is 1. The zero-order valence-electron chi connectivity index (χ0n) is 6.26. The van der Waals surface area contributed by atoms with E-state index >= 15 is 0 Å². The molecule has 1 unspecified atom stereocenters. The molecular formula is C7H14N2O. The van der Waals surface area contributed by atoms with Gasteiger partial charge in [0.05, 0.1) is 6.61 Å². The van der Waals surface area contributed by atoms with Crippen LogP contribution in [0.5, 0.6) is 0 Å². The topological polar surface area (TPSA) is 47.3 Å². The summed E-state index contributed by atoms with van der Waals surface area (Å²) < 4.78 is 5.14. The lowest BCUT2D eigenvalue weighted by molar-refractivity contribution is 0.124. The van der Waals surface area contributed by atoms with E-state index in [0.717, 1.165) is 13.0 Å². The van der Waals surface area contributed by atoms with Crippen LogP contribution in [0.4, 0.5) is 0 Å². The molecule has 3 heteroatoms. The summed E-state index contributed by atoms with van der Waals surface area (Å²) in [5, 5.41) is 0. The van der Waals surface area contributed by atoms with Crippen molar-refractivity contribution in [2.75, 3.05) is 13.2 Å². The molecule has 3 N–H and O–H groups in total. The lowest BCUT2D eigenvalue weighted by atomic mass is 10.3. The smallest absolute Gasteiger partial charge is 0.105 e. The Balaban J connectivity index is 3.20. The highest BCUT2D eigenvalue weighted by molar-refractivity contribution is 4.97. The largest absolute Gasteiger partial charge is 0.379 e. The van der Waals surface area contributed by atoms with Gasteiger partial charge in [0.1, 0.15) is 6.04 Å². The fraction of sp³-hybridized carbons (Fsp3) is 0.714. The van der Waals surface area contributed by atoms with E-state index in [1.165, 1.54) is 0 Å². The van der Waals surface area contributed by atoms with Crippen molar-refractivity contribution in [2.24, 2.45) is 5.84 Å². The minimum absolute atomic E-state index is 0.161. The van der Waals surface area contributed by atoms with Crippen LogP contribution in [0.2, 0.25) is 0 Å². The van der Waals surface area contributed by atoms with E-state index in [-0.39, 0.29) is 6.04 Å². The molecule has 0 aliphatic heterocycles. The molecule has 0 bridgehead atoms. The lowest BCUT2D eigenvalue weighted by Crippen LogP contribution is -2.37. The lowest BCUT2D eigenvalue weighted by Gasteiger charge is -2.08. The Labute approximate surface area is 61.9 Å². The van der Waals surface area contributed by atoms with Crippen LogP contribution in [-0.4, -0.2) is 19.3 Å². The molecule has 10 heavy (non-hydrogen) atoms. The maximum Gasteiger partial charge on any atom is 0.105 e. The normalized spacial score (nSPS) is 12.5. The Hall–Kier alpha value is -0.560. The van der Waals surface area contributed by atoms with Crippen LogP contribution < -0.4 is 11.3 Å². The first-order chi connectivity index (χ1) is 4.85. The van der Waals surface area contributed by atoms with Gasteiger partial charge in [-0.2, -0.15) is 0 Å². The van der Waals surface area contributed by atoms with E-state index in [9.17, 15) is 0 Å². The summed E-state index contributed by atoms with van der Waals surface area (Å²) in [4.78, 5) is 0. The van der Waals surface area contributed by atoms with Crippen molar-refractivity contribution in [1.29, 1.82) is 0 Å². The number of nitrogens with one attached hydrogen (secondary N) is 1. The SMILES string of the molecule is C#CC(COCCC)NN. The minimum atomic E-state index is -0.161. The first-order valence-corrected chi connectivity index (χ1v) is 3.35. The maximum absolute atomic E-state index is 5.14. The van der Waals surface area contributed by atoms with Gasteiger partial charge in [0.2, 0.25) is 0 Å². The van der Waals surface area contributed by atoms with Gasteiger partial charge in [0.25, 0.3) is 0 Å². The van der Waals surface area contributed by atoms with Crippen molar-refractivity contribution in [3.05, 3.63) is 0 Å². The molecule has 0 aromatic rings. The van der Waals surface area contributed by atoms with Crippen LogP contribution in [0.25, 0.3) is 0 Å². The summed E-state index contributed by atoms with van der Waals surface area (Å²) in [6, 6.07) is -0.161. The van der Waals surface area contributed by atoms with Gasteiger partial charge in [-0.15, -0.1) is 6.42 Å².